The molecule has 0 saturated carbocycles. The second kappa shape index (κ2) is 7.60. The fraction of sp³-hybridized carbons (Fsp3) is 0.130. The molecule has 2 aromatic carbocycles. The Morgan fingerprint density at radius 2 is 1.75 bits per heavy atom. The van der Waals surface area contributed by atoms with Gasteiger partial charge in [0.2, 0.25) is 0 Å². The average Bonchev–Trinajstić information content (AvgIpc) is 2.95. The molecule has 28 heavy (non-hydrogen) atoms. The Morgan fingerprint density at radius 3 is 2.39 bits per heavy atom. The molecule has 4 nitrogen and oxygen atoms in total. The maximum atomic E-state index is 13.0. The van der Waals surface area contributed by atoms with E-state index in [1.807, 2.05) is 73.7 Å². The number of pyridine rings is 1. The molecule has 1 N–H and O–H groups in total. The second-order valence-electron chi connectivity index (χ2n) is 6.84. The molecule has 3 aromatic rings. The lowest BCUT2D eigenvalue weighted by atomic mass is 9.93. The van der Waals surface area contributed by atoms with E-state index in [2.05, 4.69) is 20.9 Å². The normalized spacial score (nSPS) is 16.7. The Bertz CT molecular complexity index is 1030. The molecule has 1 amide bonds. The molecule has 5 heteroatoms. The molecule has 0 saturated heterocycles. The number of rotatable bonds is 4. The van der Waals surface area contributed by atoms with E-state index in [0.29, 0.717) is 12.1 Å². The summed E-state index contributed by atoms with van der Waals surface area (Å²) < 4.78 is 0.960. The zero-order valence-corrected chi connectivity index (χ0v) is 16.9. The molecule has 0 fully saturated rings. The van der Waals surface area contributed by atoms with Crippen LogP contribution in [0.3, 0.4) is 0 Å². The first-order chi connectivity index (χ1) is 13.5. The van der Waals surface area contributed by atoms with Crippen molar-refractivity contribution in [3.8, 4) is 0 Å². The summed E-state index contributed by atoms with van der Waals surface area (Å²) in [6.45, 7) is 2.33. The molecule has 0 bridgehead atoms. The average molecular weight is 435 g/mol. The Labute approximate surface area is 172 Å². The second-order valence-corrected chi connectivity index (χ2v) is 7.75. The molecule has 1 atom stereocenters. The van der Waals surface area contributed by atoms with Gasteiger partial charge in [-0.05, 0) is 42.3 Å². The number of aromatic nitrogens is 1. The van der Waals surface area contributed by atoms with Crippen LogP contribution in [0.1, 0.15) is 28.4 Å². The van der Waals surface area contributed by atoms with Crippen LogP contribution in [0.2, 0.25) is 0 Å². The summed E-state index contributed by atoms with van der Waals surface area (Å²) in [5.41, 5.74) is 4.30. The summed E-state index contributed by atoms with van der Waals surface area (Å²) >= 11 is 3.46. The van der Waals surface area contributed by atoms with E-state index in [1.165, 1.54) is 0 Å². The highest BCUT2D eigenvalue weighted by molar-refractivity contribution is 9.10. The van der Waals surface area contributed by atoms with Gasteiger partial charge in [-0.25, -0.2) is 0 Å². The van der Waals surface area contributed by atoms with Gasteiger partial charge in [-0.3, -0.25) is 9.78 Å². The molecular weight excluding hydrogens is 416 g/mol. The first-order valence-corrected chi connectivity index (χ1v) is 9.80. The molecule has 140 valence electrons. The van der Waals surface area contributed by atoms with Gasteiger partial charge < -0.3 is 10.0 Å². The van der Waals surface area contributed by atoms with Crippen LogP contribution in [0.5, 0.6) is 0 Å². The molecular formula is C23H19BrN2O2. The van der Waals surface area contributed by atoms with E-state index >= 15 is 0 Å². The maximum absolute atomic E-state index is 13.0. The molecule has 0 radical (unpaired) electrons. The lowest BCUT2D eigenvalue weighted by molar-refractivity contribution is -0.130. The molecule has 0 aliphatic carbocycles. The minimum Gasteiger partial charge on any atom is -0.503 e. The van der Waals surface area contributed by atoms with Crippen LogP contribution < -0.4 is 0 Å². The number of hydrogen-bond acceptors (Lipinski definition) is 3. The minimum atomic E-state index is -0.384. The summed E-state index contributed by atoms with van der Waals surface area (Å²) in [5.74, 6) is -0.582. The number of aryl methyl sites for hydroxylation is 1. The van der Waals surface area contributed by atoms with Gasteiger partial charge in [0, 0.05) is 16.2 Å². The van der Waals surface area contributed by atoms with Gasteiger partial charge in [0.05, 0.1) is 18.3 Å². The van der Waals surface area contributed by atoms with Crippen LogP contribution >= 0.6 is 15.9 Å². The van der Waals surface area contributed by atoms with Gasteiger partial charge in [0.1, 0.15) is 0 Å². The van der Waals surface area contributed by atoms with Crippen LogP contribution in [0.4, 0.5) is 0 Å². The van der Waals surface area contributed by atoms with E-state index in [9.17, 15) is 9.90 Å². The van der Waals surface area contributed by atoms with E-state index in [-0.39, 0.29) is 17.7 Å². The van der Waals surface area contributed by atoms with Crippen molar-refractivity contribution in [2.45, 2.75) is 19.5 Å². The van der Waals surface area contributed by atoms with Crippen LogP contribution in [0.25, 0.3) is 5.57 Å². The predicted octanol–water partition coefficient (Wildman–Crippen LogP) is 5.21. The lowest BCUT2D eigenvalue weighted by Crippen LogP contribution is -2.30. The number of amides is 1. The molecule has 1 aliphatic rings. The summed E-state index contributed by atoms with van der Waals surface area (Å²) in [4.78, 5) is 19.0. The Morgan fingerprint density at radius 1 is 1.04 bits per heavy atom. The van der Waals surface area contributed by atoms with Crippen molar-refractivity contribution in [1.29, 1.82) is 0 Å². The summed E-state index contributed by atoms with van der Waals surface area (Å²) in [5, 5.41) is 10.8. The highest BCUT2D eigenvalue weighted by atomic mass is 79.9. The molecule has 4 rings (SSSR count). The molecule has 1 aromatic heterocycles. The monoisotopic (exact) mass is 434 g/mol. The first kappa shape index (κ1) is 18.4. The van der Waals surface area contributed by atoms with Gasteiger partial charge in [-0.1, -0.05) is 64.0 Å². The summed E-state index contributed by atoms with van der Waals surface area (Å²) in [6.07, 6.45) is 1.71. The molecule has 2 heterocycles. The fourth-order valence-corrected chi connectivity index (χ4v) is 3.77. The molecule has 0 unspecified atom stereocenters. The lowest BCUT2D eigenvalue weighted by Gasteiger charge is -2.27. The van der Waals surface area contributed by atoms with Crippen molar-refractivity contribution in [2.24, 2.45) is 0 Å². The van der Waals surface area contributed by atoms with Crippen LogP contribution in [-0.2, 0) is 11.3 Å². The largest absolute Gasteiger partial charge is 0.503 e. The summed E-state index contributed by atoms with van der Waals surface area (Å²) in [6, 6.07) is 20.9. The van der Waals surface area contributed by atoms with Crippen LogP contribution in [0.15, 0.2) is 83.2 Å². The number of carbonyl (C=O) groups is 1. The Balaban J connectivity index is 1.81. The van der Waals surface area contributed by atoms with E-state index < -0.39 is 0 Å². The number of nitrogens with zero attached hydrogens (tertiary/aromatic N) is 2. The molecule has 0 spiro atoms. The van der Waals surface area contributed by atoms with Crippen molar-refractivity contribution in [3.05, 3.63) is 106 Å². The Hall–Kier alpha value is -2.92. The zero-order chi connectivity index (χ0) is 19.7. The van der Waals surface area contributed by atoms with Crippen molar-refractivity contribution in [3.63, 3.8) is 0 Å². The van der Waals surface area contributed by atoms with Crippen molar-refractivity contribution < 1.29 is 9.90 Å². The van der Waals surface area contributed by atoms with Gasteiger partial charge in [-0.15, -0.1) is 0 Å². The number of benzene rings is 2. The molecule has 1 aliphatic heterocycles. The van der Waals surface area contributed by atoms with Gasteiger partial charge in [0.15, 0.2) is 5.76 Å². The number of aliphatic hydroxyl groups excluding tert-OH is 1. The van der Waals surface area contributed by atoms with E-state index in [4.69, 9.17) is 0 Å². The quantitative estimate of drug-likeness (QED) is 0.613. The number of hydrogen-bond donors (Lipinski definition) is 1. The van der Waals surface area contributed by atoms with Crippen LogP contribution in [-0.4, -0.2) is 20.9 Å². The maximum Gasteiger partial charge on any atom is 0.290 e. The van der Waals surface area contributed by atoms with Crippen molar-refractivity contribution in [2.75, 3.05) is 0 Å². The SMILES string of the molecule is Cc1ccc(C2=C(O)C(=O)N(Cc3ccccn3)[C@H]2c2ccc(Br)cc2)cc1. The number of aliphatic hydroxyl groups is 1. The van der Waals surface area contributed by atoms with Crippen molar-refractivity contribution >= 4 is 27.4 Å². The topological polar surface area (TPSA) is 53.4 Å². The van der Waals surface area contributed by atoms with Gasteiger partial charge in [-0.2, -0.15) is 0 Å². The number of carbonyl (C=O) groups excluding carboxylic acids is 1. The smallest absolute Gasteiger partial charge is 0.290 e. The van der Waals surface area contributed by atoms with Gasteiger partial charge >= 0.3 is 0 Å². The highest BCUT2D eigenvalue weighted by Gasteiger charge is 2.41. The van der Waals surface area contributed by atoms with E-state index in [0.717, 1.165) is 26.9 Å². The van der Waals surface area contributed by atoms with Crippen LogP contribution in [0, 0.1) is 6.92 Å². The first-order valence-electron chi connectivity index (χ1n) is 9.01. The third-order valence-electron chi connectivity index (χ3n) is 4.91. The zero-order valence-electron chi connectivity index (χ0n) is 15.3. The predicted molar refractivity (Wildman–Crippen MR) is 112 cm³/mol. The third kappa shape index (κ3) is 3.45. The highest BCUT2D eigenvalue weighted by Crippen LogP contribution is 2.43. The summed E-state index contributed by atoms with van der Waals surface area (Å²) in [7, 11) is 0. The minimum absolute atomic E-state index is 0.201. The standard InChI is InChI=1S/C23H19BrN2O2/c1-15-5-7-16(8-6-15)20-21(17-9-11-18(24)12-10-17)26(23(28)22(20)27)14-19-4-2-3-13-25-19/h2-13,21,27H,14H2,1H3/t21-/m0/s1. The Kier molecular flexibility index (Phi) is 5.01. The third-order valence-corrected chi connectivity index (χ3v) is 5.44. The van der Waals surface area contributed by atoms with Gasteiger partial charge in [0.25, 0.3) is 5.91 Å². The van der Waals surface area contributed by atoms with E-state index in [1.54, 1.807) is 11.1 Å². The fourth-order valence-electron chi connectivity index (χ4n) is 3.50. The van der Waals surface area contributed by atoms with Crippen molar-refractivity contribution in [1.82, 2.24) is 9.88 Å². The number of halogens is 1.